The van der Waals surface area contributed by atoms with E-state index in [4.69, 9.17) is 4.74 Å². The molecule has 0 unspecified atom stereocenters. The maximum Gasteiger partial charge on any atom is 0.124 e. The molecule has 0 spiro atoms. The van der Waals surface area contributed by atoms with E-state index in [0.717, 1.165) is 12.3 Å². The van der Waals surface area contributed by atoms with Gasteiger partial charge in [0.2, 0.25) is 0 Å². The van der Waals surface area contributed by atoms with Gasteiger partial charge < -0.3 is 10.1 Å². The highest BCUT2D eigenvalue weighted by Crippen LogP contribution is 2.22. The molecule has 0 aromatic heterocycles. The fourth-order valence-electron chi connectivity index (χ4n) is 3.14. The number of ether oxygens (including phenoxy) is 1. The minimum Gasteiger partial charge on any atom is -0.489 e. The van der Waals surface area contributed by atoms with Crippen LogP contribution in [0.1, 0.15) is 42.4 Å². The molecule has 0 saturated heterocycles. The van der Waals surface area contributed by atoms with Gasteiger partial charge in [0.1, 0.15) is 12.4 Å². The van der Waals surface area contributed by atoms with E-state index in [2.05, 4.69) is 54.7 Å². The molecule has 0 atom stereocenters. The highest BCUT2D eigenvalue weighted by atomic mass is 16.5. The summed E-state index contributed by atoms with van der Waals surface area (Å²) in [5, 5.41) is 3.67. The molecule has 0 aliphatic heterocycles. The molecular weight excluding hydrogens is 270 g/mol. The van der Waals surface area contributed by atoms with Crippen molar-refractivity contribution >= 4 is 0 Å². The molecule has 1 N–H and O–H groups in total. The maximum absolute atomic E-state index is 6.05. The fourth-order valence-corrected chi connectivity index (χ4v) is 3.14. The predicted molar refractivity (Wildman–Crippen MR) is 91.0 cm³/mol. The molecule has 1 aliphatic carbocycles. The van der Waals surface area contributed by atoms with Gasteiger partial charge in [0.15, 0.2) is 0 Å². The second-order valence-corrected chi connectivity index (χ2v) is 6.25. The standard InChI is InChI=1S/C20H25NO/c1-16-7-6-8-17(13-16)15-22-20-12-5-2-9-18(20)14-21-19-10-3-4-11-19/h2,5-9,12-13,19,21H,3-4,10-11,14-15H2,1H3. The van der Waals surface area contributed by atoms with Crippen LogP contribution in [0.2, 0.25) is 0 Å². The van der Waals surface area contributed by atoms with Crippen LogP contribution in [0.5, 0.6) is 5.75 Å². The van der Waals surface area contributed by atoms with Crippen LogP contribution in [0.4, 0.5) is 0 Å². The zero-order valence-corrected chi connectivity index (χ0v) is 13.3. The van der Waals surface area contributed by atoms with Crippen molar-refractivity contribution in [3.8, 4) is 5.75 Å². The Hall–Kier alpha value is -1.80. The molecule has 0 amide bonds. The van der Waals surface area contributed by atoms with Gasteiger partial charge in [-0.3, -0.25) is 0 Å². The van der Waals surface area contributed by atoms with E-state index in [0.29, 0.717) is 12.6 Å². The van der Waals surface area contributed by atoms with Crippen LogP contribution in [-0.2, 0) is 13.2 Å². The minimum absolute atomic E-state index is 0.627. The van der Waals surface area contributed by atoms with Gasteiger partial charge >= 0.3 is 0 Å². The van der Waals surface area contributed by atoms with E-state index >= 15 is 0 Å². The van der Waals surface area contributed by atoms with Crippen molar-refractivity contribution < 1.29 is 4.74 Å². The molecule has 0 radical (unpaired) electrons. The number of rotatable bonds is 6. The number of para-hydroxylation sites is 1. The molecule has 22 heavy (non-hydrogen) atoms. The van der Waals surface area contributed by atoms with Crippen LogP contribution in [0.25, 0.3) is 0 Å². The molecule has 0 bridgehead atoms. The first-order valence-corrected chi connectivity index (χ1v) is 8.31. The van der Waals surface area contributed by atoms with Gasteiger partial charge in [-0.1, -0.05) is 60.9 Å². The Morgan fingerprint density at radius 2 is 1.86 bits per heavy atom. The van der Waals surface area contributed by atoms with E-state index in [1.54, 1.807) is 0 Å². The molecule has 2 nitrogen and oxygen atoms in total. The van der Waals surface area contributed by atoms with E-state index in [1.807, 2.05) is 6.07 Å². The van der Waals surface area contributed by atoms with E-state index < -0.39 is 0 Å². The summed E-state index contributed by atoms with van der Waals surface area (Å²) in [6.45, 7) is 3.64. The predicted octanol–water partition coefficient (Wildman–Crippen LogP) is 4.61. The lowest BCUT2D eigenvalue weighted by atomic mass is 10.1. The second-order valence-electron chi connectivity index (χ2n) is 6.25. The molecule has 1 saturated carbocycles. The lowest BCUT2D eigenvalue weighted by Gasteiger charge is -2.15. The third kappa shape index (κ3) is 4.11. The average molecular weight is 295 g/mol. The summed E-state index contributed by atoms with van der Waals surface area (Å²) in [6.07, 6.45) is 5.35. The second kappa shape index (κ2) is 7.46. The molecule has 1 fully saturated rings. The summed E-state index contributed by atoms with van der Waals surface area (Å²) in [5.41, 5.74) is 3.75. The van der Waals surface area contributed by atoms with Gasteiger partial charge in [0, 0.05) is 18.2 Å². The summed E-state index contributed by atoms with van der Waals surface area (Å²) in [4.78, 5) is 0. The number of nitrogens with one attached hydrogen (secondary N) is 1. The minimum atomic E-state index is 0.627. The molecule has 3 rings (SSSR count). The van der Waals surface area contributed by atoms with Gasteiger partial charge in [0.25, 0.3) is 0 Å². The van der Waals surface area contributed by atoms with Crippen molar-refractivity contribution in [2.45, 2.75) is 51.8 Å². The van der Waals surface area contributed by atoms with Crippen molar-refractivity contribution in [2.75, 3.05) is 0 Å². The Morgan fingerprint density at radius 1 is 1.05 bits per heavy atom. The molecule has 0 heterocycles. The van der Waals surface area contributed by atoms with Gasteiger partial charge in [-0.2, -0.15) is 0 Å². The Balaban J connectivity index is 1.60. The van der Waals surface area contributed by atoms with Crippen LogP contribution in [-0.4, -0.2) is 6.04 Å². The van der Waals surface area contributed by atoms with Crippen molar-refractivity contribution in [2.24, 2.45) is 0 Å². The summed E-state index contributed by atoms with van der Waals surface area (Å²) >= 11 is 0. The molecular formula is C20H25NO. The Morgan fingerprint density at radius 3 is 2.68 bits per heavy atom. The normalized spacial score (nSPS) is 15.1. The highest BCUT2D eigenvalue weighted by molar-refractivity contribution is 5.33. The van der Waals surface area contributed by atoms with E-state index in [9.17, 15) is 0 Å². The first kappa shape index (κ1) is 15.1. The third-order valence-electron chi connectivity index (χ3n) is 4.39. The van der Waals surface area contributed by atoms with E-state index in [-0.39, 0.29) is 0 Å². The van der Waals surface area contributed by atoms with Crippen molar-refractivity contribution in [1.82, 2.24) is 5.32 Å². The zero-order valence-electron chi connectivity index (χ0n) is 13.3. The molecule has 1 aliphatic rings. The number of aryl methyl sites for hydroxylation is 1. The maximum atomic E-state index is 6.05. The summed E-state index contributed by atoms with van der Waals surface area (Å²) in [5.74, 6) is 0.995. The lowest BCUT2D eigenvalue weighted by molar-refractivity contribution is 0.301. The summed E-state index contributed by atoms with van der Waals surface area (Å²) in [6, 6.07) is 17.5. The van der Waals surface area contributed by atoms with Crippen molar-refractivity contribution in [1.29, 1.82) is 0 Å². The molecule has 2 heteroatoms. The smallest absolute Gasteiger partial charge is 0.124 e. The lowest BCUT2D eigenvalue weighted by Crippen LogP contribution is -2.25. The van der Waals surface area contributed by atoms with Crippen LogP contribution < -0.4 is 10.1 Å². The fraction of sp³-hybridized carbons (Fsp3) is 0.400. The van der Waals surface area contributed by atoms with Crippen LogP contribution >= 0.6 is 0 Å². The van der Waals surface area contributed by atoms with E-state index in [1.165, 1.54) is 42.4 Å². The Labute approximate surface area is 133 Å². The number of hydrogen-bond acceptors (Lipinski definition) is 2. The van der Waals surface area contributed by atoms with Crippen molar-refractivity contribution in [3.63, 3.8) is 0 Å². The van der Waals surface area contributed by atoms with Crippen LogP contribution in [0.3, 0.4) is 0 Å². The first-order valence-electron chi connectivity index (χ1n) is 8.31. The first-order chi connectivity index (χ1) is 10.8. The average Bonchev–Trinajstić information content (AvgIpc) is 3.05. The Kier molecular flexibility index (Phi) is 5.12. The van der Waals surface area contributed by atoms with Gasteiger partial charge in [-0.05, 0) is 31.4 Å². The summed E-state index contributed by atoms with van der Waals surface area (Å²) in [7, 11) is 0. The van der Waals surface area contributed by atoms with Crippen molar-refractivity contribution in [3.05, 3.63) is 65.2 Å². The van der Waals surface area contributed by atoms with Gasteiger partial charge in [0.05, 0.1) is 0 Å². The zero-order chi connectivity index (χ0) is 15.2. The van der Waals surface area contributed by atoms with Crippen LogP contribution in [0, 0.1) is 6.92 Å². The molecule has 116 valence electrons. The number of hydrogen-bond donors (Lipinski definition) is 1. The van der Waals surface area contributed by atoms with Gasteiger partial charge in [-0.15, -0.1) is 0 Å². The van der Waals surface area contributed by atoms with Crippen LogP contribution in [0.15, 0.2) is 48.5 Å². The monoisotopic (exact) mass is 295 g/mol. The third-order valence-corrected chi connectivity index (χ3v) is 4.39. The largest absolute Gasteiger partial charge is 0.489 e. The SMILES string of the molecule is Cc1cccc(COc2ccccc2CNC2CCCC2)c1. The topological polar surface area (TPSA) is 21.3 Å². The molecule has 2 aromatic carbocycles. The summed E-state index contributed by atoms with van der Waals surface area (Å²) < 4.78 is 6.05. The highest BCUT2D eigenvalue weighted by Gasteiger charge is 2.14. The number of benzene rings is 2. The van der Waals surface area contributed by atoms with Gasteiger partial charge in [-0.25, -0.2) is 0 Å². The quantitative estimate of drug-likeness (QED) is 0.840. The Bertz CT molecular complexity index is 602. The molecule has 2 aromatic rings.